The number of rotatable bonds is 4. The number of nitrogens with two attached hydrogens (primary N) is 2. The maximum atomic E-state index is 8.82. The van der Waals surface area contributed by atoms with Gasteiger partial charge in [-0.15, -0.1) is 0 Å². The van der Waals surface area contributed by atoms with E-state index in [2.05, 4.69) is 11.2 Å². The Bertz CT molecular complexity index is 582. The van der Waals surface area contributed by atoms with Gasteiger partial charge >= 0.3 is 0 Å². The Labute approximate surface area is 115 Å². The van der Waals surface area contributed by atoms with Crippen LogP contribution in [0, 0.1) is 11.3 Å². The van der Waals surface area contributed by atoms with E-state index in [4.69, 9.17) is 16.8 Å². The van der Waals surface area contributed by atoms with Crippen molar-refractivity contribution in [3.05, 3.63) is 57.8 Å². The highest BCUT2D eigenvalue weighted by molar-refractivity contribution is 7.08. The molecule has 1 aromatic carbocycles. The predicted octanol–water partition coefficient (Wildman–Crippen LogP) is 1.79. The summed E-state index contributed by atoms with van der Waals surface area (Å²) in [7, 11) is 0. The first-order chi connectivity index (χ1) is 9.26. The minimum atomic E-state index is -0.223. The summed E-state index contributed by atoms with van der Waals surface area (Å²) in [6, 6.07) is 11.1. The Balaban J connectivity index is 2.39. The van der Waals surface area contributed by atoms with Crippen molar-refractivity contribution in [3.63, 3.8) is 0 Å². The molecule has 6 heteroatoms. The molecule has 0 saturated carbocycles. The summed E-state index contributed by atoms with van der Waals surface area (Å²) in [6.07, 6.45) is 1.16. The maximum Gasteiger partial charge on any atom is 0.115 e. The number of hydrazine groups is 1. The van der Waals surface area contributed by atoms with Crippen LogP contribution in [0.4, 0.5) is 0 Å². The van der Waals surface area contributed by atoms with Crippen LogP contribution < -0.4 is 11.6 Å². The molecule has 1 heterocycles. The Kier molecular flexibility index (Phi) is 4.13. The van der Waals surface area contributed by atoms with Crippen molar-refractivity contribution in [1.29, 1.82) is 5.26 Å². The molecular weight excluding hydrogens is 258 g/mol. The molecule has 0 saturated heterocycles. The minimum Gasteiger partial charge on any atom is -0.388 e. The molecule has 0 aliphatic heterocycles. The predicted molar refractivity (Wildman–Crippen MR) is 76.0 cm³/mol. The lowest BCUT2D eigenvalue weighted by Crippen LogP contribution is -2.31. The van der Waals surface area contributed by atoms with Crippen molar-refractivity contribution in [2.75, 3.05) is 0 Å². The highest BCUT2D eigenvalue weighted by atomic mass is 32.1. The average Bonchev–Trinajstić information content (AvgIpc) is 2.94. The molecule has 0 aliphatic carbocycles. The number of nitrogens with zero attached hydrogens (tertiary/aromatic N) is 3. The molecular formula is C13H13N5S. The summed E-state index contributed by atoms with van der Waals surface area (Å²) in [5.41, 5.74) is 7.88. The van der Waals surface area contributed by atoms with Gasteiger partial charge in [-0.05, 0) is 40.1 Å². The van der Waals surface area contributed by atoms with Gasteiger partial charge in [-0.25, -0.2) is 11.0 Å². The van der Waals surface area contributed by atoms with Crippen molar-refractivity contribution in [3.8, 4) is 6.07 Å². The Morgan fingerprint density at radius 1 is 1.26 bits per heavy atom. The van der Waals surface area contributed by atoms with Crippen LogP contribution in [0.25, 0.3) is 0 Å². The van der Waals surface area contributed by atoms with Gasteiger partial charge in [0.15, 0.2) is 0 Å². The van der Waals surface area contributed by atoms with Crippen molar-refractivity contribution in [2.45, 2.75) is 6.04 Å². The Hall–Kier alpha value is -2.36. The lowest BCUT2D eigenvalue weighted by Gasteiger charge is -2.24. The van der Waals surface area contributed by atoms with Crippen LogP contribution in [0.5, 0.6) is 0 Å². The van der Waals surface area contributed by atoms with Crippen LogP contribution in [0.2, 0.25) is 0 Å². The number of thiophene rings is 1. The minimum absolute atomic E-state index is 0.223. The van der Waals surface area contributed by atoms with Gasteiger partial charge in [0, 0.05) is 0 Å². The zero-order valence-corrected chi connectivity index (χ0v) is 10.9. The van der Waals surface area contributed by atoms with Crippen molar-refractivity contribution in [1.82, 2.24) is 5.12 Å². The van der Waals surface area contributed by atoms with Gasteiger partial charge in [-0.2, -0.15) is 21.7 Å². The highest BCUT2D eigenvalue weighted by Gasteiger charge is 2.19. The first-order valence-corrected chi connectivity index (χ1v) is 6.51. The van der Waals surface area contributed by atoms with Crippen molar-refractivity contribution >= 4 is 17.7 Å². The molecule has 0 fully saturated rings. The molecule has 2 rings (SSSR count). The van der Waals surface area contributed by atoms with E-state index in [0.717, 1.165) is 17.5 Å². The van der Waals surface area contributed by atoms with Gasteiger partial charge in [0.05, 0.1) is 11.6 Å². The molecule has 96 valence electrons. The molecule has 4 N–H and O–H groups in total. The van der Waals surface area contributed by atoms with Gasteiger partial charge in [0.25, 0.3) is 0 Å². The summed E-state index contributed by atoms with van der Waals surface area (Å²) < 4.78 is 0. The van der Waals surface area contributed by atoms with E-state index >= 15 is 0 Å². The normalized spacial score (nSPS) is 12.2. The van der Waals surface area contributed by atoms with Crippen LogP contribution in [0.3, 0.4) is 0 Å². The summed E-state index contributed by atoms with van der Waals surface area (Å²) >= 11 is 1.59. The van der Waals surface area contributed by atoms with E-state index in [0.29, 0.717) is 5.56 Å². The van der Waals surface area contributed by atoms with E-state index in [9.17, 15) is 0 Å². The second-order valence-corrected chi connectivity index (χ2v) is 4.62. The zero-order chi connectivity index (χ0) is 13.7. The number of hydrogen-bond acceptors (Lipinski definition) is 5. The molecule has 5 nitrogen and oxygen atoms in total. The largest absolute Gasteiger partial charge is 0.388 e. The maximum absolute atomic E-state index is 8.82. The molecule has 2 aromatic rings. The highest BCUT2D eigenvalue weighted by Crippen LogP contribution is 2.28. The van der Waals surface area contributed by atoms with E-state index < -0.39 is 0 Å². The van der Waals surface area contributed by atoms with Gasteiger partial charge in [-0.1, -0.05) is 12.1 Å². The molecule has 0 amide bonds. The molecule has 0 radical (unpaired) electrons. The number of hydrogen-bond donors (Lipinski definition) is 2. The topological polar surface area (TPSA) is 91.4 Å². The second kappa shape index (κ2) is 6.00. The SMILES string of the molecule is N#Cc1ccc(C(c2ccsc2)N(N)/N=C\N)cc1. The summed E-state index contributed by atoms with van der Waals surface area (Å²) in [5, 5.41) is 18.0. The first-order valence-electron chi connectivity index (χ1n) is 5.56. The van der Waals surface area contributed by atoms with Crippen LogP contribution >= 0.6 is 11.3 Å². The van der Waals surface area contributed by atoms with Crippen molar-refractivity contribution in [2.24, 2.45) is 16.7 Å². The smallest absolute Gasteiger partial charge is 0.115 e. The standard InChI is InChI=1S/C13H13N5S/c14-7-10-1-3-11(4-2-10)13(18(16)17-9-15)12-5-6-19-8-12/h1-6,8-9,13H,16H2,(H2,15,17). The quantitative estimate of drug-likeness (QED) is 0.384. The molecule has 19 heavy (non-hydrogen) atoms. The van der Waals surface area contributed by atoms with Gasteiger partial charge in [0.2, 0.25) is 0 Å². The first kappa shape index (κ1) is 13.1. The fourth-order valence-electron chi connectivity index (χ4n) is 1.81. The van der Waals surface area contributed by atoms with Crippen LogP contribution in [0.1, 0.15) is 22.7 Å². The molecule has 0 bridgehead atoms. The van der Waals surface area contributed by atoms with Crippen LogP contribution in [-0.2, 0) is 0 Å². The lowest BCUT2D eigenvalue weighted by atomic mass is 10.0. The van der Waals surface area contributed by atoms with E-state index in [1.807, 2.05) is 29.0 Å². The molecule has 1 unspecified atom stereocenters. The summed E-state index contributed by atoms with van der Waals surface area (Å²) in [6.45, 7) is 0. The molecule has 1 aromatic heterocycles. The van der Waals surface area contributed by atoms with Crippen LogP contribution in [-0.4, -0.2) is 11.5 Å². The number of hydrazone groups is 1. The monoisotopic (exact) mass is 271 g/mol. The summed E-state index contributed by atoms with van der Waals surface area (Å²) in [5.74, 6) is 5.92. The van der Waals surface area contributed by atoms with E-state index in [-0.39, 0.29) is 6.04 Å². The zero-order valence-electron chi connectivity index (χ0n) is 10.1. The van der Waals surface area contributed by atoms with Crippen molar-refractivity contribution < 1.29 is 0 Å². The number of nitriles is 1. The third kappa shape index (κ3) is 2.91. The molecule has 0 aliphatic rings. The average molecular weight is 271 g/mol. The Morgan fingerprint density at radius 2 is 2.00 bits per heavy atom. The third-order valence-electron chi connectivity index (χ3n) is 2.68. The van der Waals surface area contributed by atoms with E-state index in [1.165, 1.54) is 5.12 Å². The van der Waals surface area contributed by atoms with Crippen LogP contribution in [0.15, 0.2) is 46.2 Å². The van der Waals surface area contributed by atoms with Gasteiger partial charge in [0.1, 0.15) is 12.4 Å². The lowest BCUT2D eigenvalue weighted by molar-refractivity contribution is 0.245. The second-order valence-electron chi connectivity index (χ2n) is 3.84. The van der Waals surface area contributed by atoms with Gasteiger partial charge in [-0.3, -0.25) is 0 Å². The molecule has 1 atom stereocenters. The Morgan fingerprint density at radius 3 is 2.53 bits per heavy atom. The summed E-state index contributed by atoms with van der Waals surface area (Å²) in [4.78, 5) is 0. The fraction of sp³-hybridized carbons (Fsp3) is 0.0769. The third-order valence-corrected chi connectivity index (χ3v) is 3.38. The number of benzene rings is 1. The fourth-order valence-corrected chi connectivity index (χ4v) is 2.49. The molecule has 0 spiro atoms. The van der Waals surface area contributed by atoms with Gasteiger partial charge < -0.3 is 5.73 Å². The van der Waals surface area contributed by atoms with E-state index in [1.54, 1.807) is 23.5 Å².